The zero-order valence-corrected chi connectivity index (χ0v) is 12.2. The Hall–Kier alpha value is -2.81. The topological polar surface area (TPSA) is 79.9 Å². The van der Waals surface area contributed by atoms with E-state index in [9.17, 15) is 4.79 Å². The first-order valence-electron chi connectivity index (χ1n) is 7.17. The second-order valence-electron chi connectivity index (χ2n) is 5.21. The molecule has 0 bridgehead atoms. The molecule has 0 saturated carbocycles. The van der Waals surface area contributed by atoms with E-state index < -0.39 is 6.09 Å². The SMILES string of the molecule is CNC(=O)Oc1cc(C2CCCc3cncn32)ccc1C#N. The maximum atomic E-state index is 11.4. The fourth-order valence-electron chi connectivity index (χ4n) is 2.82. The first kappa shape index (κ1) is 14.1. The van der Waals surface area contributed by atoms with Gasteiger partial charge in [0.2, 0.25) is 0 Å². The van der Waals surface area contributed by atoms with Gasteiger partial charge in [-0.05, 0) is 37.0 Å². The van der Waals surface area contributed by atoms with Crippen LogP contribution in [0.1, 0.15) is 35.7 Å². The molecular formula is C16H16N4O2. The highest BCUT2D eigenvalue weighted by Crippen LogP contribution is 2.33. The Morgan fingerprint density at radius 3 is 3.18 bits per heavy atom. The molecular weight excluding hydrogens is 280 g/mol. The van der Waals surface area contributed by atoms with E-state index in [4.69, 9.17) is 10.00 Å². The number of aryl methyl sites for hydroxylation is 1. The van der Waals surface area contributed by atoms with E-state index in [1.54, 1.807) is 12.1 Å². The Bertz CT molecular complexity index is 745. The summed E-state index contributed by atoms with van der Waals surface area (Å²) in [5.41, 5.74) is 2.56. The monoisotopic (exact) mass is 296 g/mol. The second kappa shape index (κ2) is 5.90. The number of benzene rings is 1. The van der Waals surface area contributed by atoms with E-state index in [1.807, 2.05) is 24.7 Å². The molecule has 0 aliphatic carbocycles. The molecule has 2 aromatic rings. The molecule has 1 aliphatic rings. The van der Waals surface area contributed by atoms with Crippen molar-refractivity contribution >= 4 is 6.09 Å². The molecule has 3 rings (SSSR count). The number of fused-ring (bicyclic) bond motifs is 1. The standard InChI is InChI=1S/C16H16N4O2/c1-18-16(21)22-15-7-11(5-6-12(15)8-17)14-4-2-3-13-9-19-10-20(13)14/h5-7,9-10,14H,2-4H2,1H3,(H,18,21). The molecule has 1 atom stereocenters. The van der Waals surface area contributed by atoms with Crippen LogP contribution in [-0.2, 0) is 6.42 Å². The minimum absolute atomic E-state index is 0.158. The number of nitrogens with zero attached hydrogens (tertiary/aromatic N) is 3. The van der Waals surface area contributed by atoms with Crippen molar-refractivity contribution in [3.8, 4) is 11.8 Å². The molecule has 22 heavy (non-hydrogen) atoms. The fourth-order valence-corrected chi connectivity index (χ4v) is 2.82. The van der Waals surface area contributed by atoms with Crippen LogP contribution in [0.5, 0.6) is 5.75 Å². The van der Waals surface area contributed by atoms with Crippen molar-refractivity contribution in [3.63, 3.8) is 0 Å². The van der Waals surface area contributed by atoms with Crippen LogP contribution >= 0.6 is 0 Å². The first-order chi connectivity index (χ1) is 10.7. The third-order valence-corrected chi connectivity index (χ3v) is 3.91. The molecule has 0 spiro atoms. The molecule has 1 aliphatic heterocycles. The lowest BCUT2D eigenvalue weighted by Gasteiger charge is -2.26. The number of hydrogen-bond donors (Lipinski definition) is 1. The molecule has 2 heterocycles. The summed E-state index contributed by atoms with van der Waals surface area (Å²) < 4.78 is 7.34. The molecule has 1 N–H and O–H groups in total. The molecule has 6 nitrogen and oxygen atoms in total. The number of nitrogens with one attached hydrogen (secondary N) is 1. The van der Waals surface area contributed by atoms with Crippen LogP contribution in [0.15, 0.2) is 30.7 Å². The maximum absolute atomic E-state index is 11.4. The van der Waals surface area contributed by atoms with Gasteiger partial charge in [-0.15, -0.1) is 0 Å². The average molecular weight is 296 g/mol. The second-order valence-corrected chi connectivity index (χ2v) is 5.21. The van der Waals surface area contributed by atoms with E-state index >= 15 is 0 Å². The van der Waals surface area contributed by atoms with Crippen molar-refractivity contribution in [2.45, 2.75) is 25.3 Å². The average Bonchev–Trinajstić information content (AvgIpc) is 3.03. The summed E-state index contributed by atoms with van der Waals surface area (Å²) in [6.45, 7) is 0. The van der Waals surface area contributed by atoms with Gasteiger partial charge in [-0.2, -0.15) is 5.26 Å². The summed E-state index contributed by atoms with van der Waals surface area (Å²) in [7, 11) is 1.48. The number of hydrogen-bond acceptors (Lipinski definition) is 4. The highest BCUT2D eigenvalue weighted by molar-refractivity contribution is 5.71. The maximum Gasteiger partial charge on any atom is 0.412 e. The van der Waals surface area contributed by atoms with Gasteiger partial charge in [0.25, 0.3) is 0 Å². The van der Waals surface area contributed by atoms with Gasteiger partial charge in [0.05, 0.1) is 17.9 Å². The van der Waals surface area contributed by atoms with Crippen molar-refractivity contribution in [2.75, 3.05) is 7.05 Å². The third kappa shape index (κ3) is 2.53. The normalized spacial score (nSPS) is 16.5. The number of carbonyl (C=O) groups is 1. The van der Waals surface area contributed by atoms with Crippen LogP contribution < -0.4 is 10.1 Å². The number of imidazole rings is 1. The molecule has 1 aromatic carbocycles. The van der Waals surface area contributed by atoms with Crippen molar-refractivity contribution in [2.24, 2.45) is 0 Å². The Balaban J connectivity index is 1.98. The van der Waals surface area contributed by atoms with Crippen molar-refractivity contribution in [3.05, 3.63) is 47.5 Å². The summed E-state index contributed by atoms with van der Waals surface area (Å²) in [4.78, 5) is 15.6. The van der Waals surface area contributed by atoms with Crippen LogP contribution in [-0.4, -0.2) is 22.7 Å². The lowest BCUT2D eigenvalue weighted by Crippen LogP contribution is -2.23. The highest BCUT2D eigenvalue weighted by Gasteiger charge is 2.22. The smallest absolute Gasteiger partial charge is 0.409 e. The summed E-state index contributed by atoms with van der Waals surface area (Å²) in [6, 6.07) is 7.58. The van der Waals surface area contributed by atoms with Crippen molar-refractivity contribution in [1.29, 1.82) is 5.26 Å². The number of amides is 1. The number of nitriles is 1. The highest BCUT2D eigenvalue weighted by atomic mass is 16.6. The van der Waals surface area contributed by atoms with Crippen LogP contribution in [0.4, 0.5) is 4.79 Å². The lowest BCUT2D eigenvalue weighted by atomic mass is 9.95. The van der Waals surface area contributed by atoms with Gasteiger partial charge < -0.3 is 14.6 Å². The number of aromatic nitrogens is 2. The minimum atomic E-state index is -0.583. The summed E-state index contributed by atoms with van der Waals surface area (Å²) >= 11 is 0. The van der Waals surface area contributed by atoms with Crippen LogP contribution in [0, 0.1) is 11.3 Å². The Kier molecular flexibility index (Phi) is 3.79. The van der Waals surface area contributed by atoms with Crippen LogP contribution in [0.3, 0.4) is 0 Å². The molecule has 0 radical (unpaired) electrons. The lowest BCUT2D eigenvalue weighted by molar-refractivity contribution is 0.202. The predicted molar refractivity (Wildman–Crippen MR) is 79.5 cm³/mol. The predicted octanol–water partition coefficient (Wildman–Crippen LogP) is 2.40. The fraction of sp³-hybridized carbons (Fsp3) is 0.312. The number of ether oxygens (including phenoxy) is 1. The minimum Gasteiger partial charge on any atom is -0.409 e. The Labute approximate surface area is 128 Å². The van der Waals surface area contributed by atoms with Gasteiger partial charge in [0.1, 0.15) is 6.07 Å². The zero-order valence-electron chi connectivity index (χ0n) is 12.2. The van der Waals surface area contributed by atoms with E-state index in [1.165, 1.54) is 12.7 Å². The van der Waals surface area contributed by atoms with Gasteiger partial charge in [-0.25, -0.2) is 9.78 Å². The van der Waals surface area contributed by atoms with Gasteiger partial charge >= 0.3 is 6.09 Å². The summed E-state index contributed by atoms with van der Waals surface area (Å²) in [5, 5.41) is 11.5. The van der Waals surface area contributed by atoms with Crippen LogP contribution in [0.25, 0.3) is 0 Å². The molecule has 112 valence electrons. The molecule has 1 aromatic heterocycles. The molecule has 1 amide bonds. The molecule has 0 saturated heterocycles. The number of rotatable bonds is 2. The van der Waals surface area contributed by atoms with Crippen molar-refractivity contribution in [1.82, 2.24) is 14.9 Å². The van der Waals surface area contributed by atoms with E-state index in [-0.39, 0.29) is 11.8 Å². The third-order valence-electron chi connectivity index (χ3n) is 3.91. The zero-order chi connectivity index (χ0) is 15.5. The molecule has 0 fully saturated rings. The summed E-state index contributed by atoms with van der Waals surface area (Å²) in [6.07, 6.45) is 6.24. The van der Waals surface area contributed by atoms with E-state index in [2.05, 4.69) is 14.9 Å². The Morgan fingerprint density at radius 1 is 1.55 bits per heavy atom. The van der Waals surface area contributed by atoms with Gasteiger partial charge in [0, 0.05) is 18.9 Å². The van der Waals surface area contributed by atoms with Gasteiger partial charge in [-0.1, -0.05) is 6.07 Å². The van der Waals surface area contributed by atoms with E-state index in [0.29, 0.717) is 5.56 Å². The first-order valence-corrected chi connectivity index (χ1v) is 7.17. The Morgan fingerprint density at radius 2 is 2.41 bits per heavy atom. The molecule has 1 unspecified atom stereocenters. The van der Waals surface area contributed by atoms with Gasteiger partial charge in [-0.3, -0.25) is 0 Å². The molecule has 6 heteroatoms. The quantitative estimate of drug-likeness (QED) is 0.922. The number of carbonyl (C=O) groups excluding carboxylic acids is 1. The van der Waals surface area contributed by atoms with Crippen LogP contribution in [0.2, 0.25) is 0 Å². The van der Waals surface area contributed by atoms with Gasteiger partial charge in [0.15, 0.2) is 5.75 Å². The largest absolute Gasteiger partial charge is 0.412 e. The van der Waals surface area contributed by atoms with Crippen molar-refractivity contribution < 1.29 is 9.53 Å². The summed E-state index contributed by atoms with van der Waals surface area (Å²) in [5.74, 6) is 0.284. The van der Waals surface area contributed by atoms with E-state index in [0.717, 1.165) is 24.8 Å².